The van der Waals surface area contributed by atoms with E-state index in [1.807, 2.05) is 37.3 Å². The second-order valence-electron chi connectivity index (χ2n) is 4.72. The summed E-state index contributed by atoms with van der Waals surface area (Å²) < 4.78 is 0. The highest BCUT2D eigenvalue weighted by Gasteiger charge is 2.17. The largest absolute Gasteiger partial charge is 0.347 e. The van der Waals surface area contributed by atoms with Crippen molar-refractivity contribution < 1.29 is 4.79 Å². The van der Waals surface area contributed by atoms with Crippen LogP contribution < -0.4 is 11.1 Å². The molecule has 0 aliphatic carbocycles. The van der Waals surface area contributed by atoms with E-state index in [0.29, 0.717) is 0 Å². The van der Waals surface area contributed by atoms with Gasteiger partial charge in [-0.25, -0.2) is 4.98 Å². The number of rotatable bonds is 6. The number of benzene rings is 1. The fourth-order valence-corrected chi connectivity index (χ4v) is 2.10. The van der Waals surface area contributed by atoms with Crippen LogP contribution in [0, 0.1) is 0 Å². The number of nitrogens with one attached hydrogen (secondary N) is 2. The van der Waals surface area contributed by atoms with E-state index >= 15 is 0 Å². The molecule has 1 amide bonds. The average molecular weight is 272 g/mol. The fraction of sp³-hybridized carbons (Fsp3) is 0.333. The van der Waals surface area contributed by atoms with Crippen molar-refractivity contribution >= 4 is 5.91 Å². The fourth-order valence-electron chi connectivity index (χ4n) is 2.10. The maximum absolute atomic E-state index is 12.1. The molecular formula is C15H20N4O. The third-order valence-corrected chi connectivity index (χ3v) is 3.23. The summed E-state index contributed by atoms with van der Waals surface area (Å²) in [7, 11) is 0. The minimum absolute atomic E-state index is 0.0652. The van der Waals surface area contributed by atoms with Crippen molar-refractivity contribution in [2.45, 2.75) is 31.8 Å². The lowest BCUT2D eigenvalue weighted by Crippen LogP contribution is -2.31. The van der Waals surface area contributed by atoms with E-state index in [4.69, 9.17) is 5.73 Å². The number of hydrogen-bond donors (Lipinski definition) is 3. The zero-order chi connectivity index (χ0) is 14.4. The summed E-state index contributed by atoms with van der Waals surface area (Å²) in [4.78, 5) is 19.3. The van der Waals surface area contributed by atoms with Gasteiger partial charge in [-0.1, -0.05) is 37.3 Å². The Morgan fingerprint density at radius 1 is 1.40 bits per heavy atom. The number of amides is 1. The lowest BCUT2D eigenvalue weighted by atomic mass is 10.0. The van der Waals surface area contributed by atoms with Crippen molar-refractivity contribution in [1.29, 1.82) is 0 Å². The molecule has 2 aromatic rings. The molecule has 1 aromatic heterocycles. The minimum atomic E-state index is -0.287. The first-order valence-electron chi connectivity index (χ1n) is 6.80. The summed E-state index contributed by atoms with van der Waals surface area (Å²) >= 11 is 0. The highest BCUT2D eigenvalue weighted by atomic mass is 16.1. The predicted molar refractivity (Wildman–Crippen MR) is 77.7 cm³/mol. The Morgan fingerprint density at radius 2 is 2.15 bits per heavy atom. The van der Waals surface area contributed by atoms with Gasteiger partial charge in [-0.2, -0.15) is 0 Å². The highest BCUT2D eigenvalue weighted by molar-refractivity contribution is 5.77. The molecule has 5 nitrogen and oxygen atoms in total. The van der Waals surface area contributed by atoms with Crippen LogP contribution in [0.2, 0.25) is 0 Å². The number of aromatic nitrogens is 2. The molecule has 1 aromatic carbocycles. The van der Waals surface area contributed by atoms with Gasteiger partial charge in [0.15, 0.2) is 0 Å². The number of aromatic amines is 1. The van der Waals surface area contributed by atoms with E-state index in [1.54, 1.807) is 12.4 Å². The summed E-state index contributed by atoms with van der Waals surface area (Å²) in [5.41, 5.74) is 7.01. The summed E-state index contributed by atoms with van der Waals surface area (Å²) in [5, 5.41) is 2.96. The Labute approximate surface area is 118 Å². The number of imidazole rings is 1. The first-order valence-corrected chi connectivity index (χ1v) is 6.80. The van der Waals surface area contributed by atoms with Crippen LogP contribution >= 0.6 is 0 Å². The summed E-state index contributed by atoms with van der Waals surface area (Å²) in [6, 6.07) is 9.25. The van der Waals surface area contributed by atoms with Crippen LogP contribution in [-0.2, 0) is 4.79 Å². The van der Waals surface area contributed by atoms with Gasteiger partial charge in [0.05, 0.1) is 6.04 Å². The molecule has 0 radical (unpaired) electrons. The van der Waals surface area contributed by atoms with Crippen molar-refractivity contribution in [1.82, 2.24) is 15.3 Å². The predicted octanol–water partition coefficient (Wildman–Crippen LogP) is 2.07. The Morgan fingerprint density at radius 3 is 2.75 bits per heavy atom. The third kappa shape index (κ3) is 3.68. The van der Waals surface area contributed by atoms with Gasteiger partial charge in [-0.05, 0) is 12.0 Å². The molecular weight excluding hydrogens is 252 g/mol. The molecule has 0 spiro atoms. The average Bonchev–Trinajstić information content (AvgIpc) is 2.99. The van der Waals surface area contributed by atoms with E-state index in [0.717, 1.165) is 17.8 Å². The van der Waals surface area contributed by atoms with E-state index in [1.165, 1.54) is 0 Å². The molecule has 5 heteroatoms. The van der Waals surface area contributed by atoms with Gasteiger partial charge < -0.3 is 16.0 Å². The SMILES string of the molecule is CCC(NC(=O)CC(N)c1ccccc1)c1ncc[nH]1. The van der Waals surface area contributed by atoms with Gasteiger partial charge in [0.25, 0.3) is 0 Å². The zero-order valence-corrected chi connectivity index (χ0v) is 11.5. The molecule has 2 unspecified atom stereocenters. The molecule has 1 heterocycles. The van der Waals surface area contributed by atoms with Crippen LogP contribution in [0.25, 0.3) is 0 Å². The molecule has 0 saturated carbocycles. The van der Waals surface area contributed by atoms with Crippen molar-refractivity contribution in [3.05, 3.63) is 54.1 Å². The van der Waals surface area contributed by atoms with Crippen molar-refractivity contribution in [2.24, 2.45) is 5.73 Å². The van der Waals surface area contributed by atoms with Gasteiger partial charge in [0.2, 0.25) is 5.91 Å². The molecule has 0 bridgehead atoms. The van der Waals surface area contributed by atoms with Crippen molar-refractivity contribution in [3.8, 4) is 0 Å². The zero-order valence-electron chi connectivity index (χ0n) is 11.5. The van der Waals surface area contributed by atoms with Crippen LogP contribution in [-0.4, -0.2) is 15.9 Å². The monoisotopic (exact) mass is 272 g/mol. The highest BCUT2D eigenvalue weighted by Crippen LogP contribution is 2.16. The van der Waals surface area contributed by atoms with Gasteiger partial charge in [-0.15, -0.1) is 0 Å². The number of H-pyrrole nitrogens is 1. The van der Waals surface area contributed by atoms with E-state index < -0.39 is 0 Å². The number of nitrogens with two attached hydrogens (primary N) is 1. The summed E-state index contributed by atoms with van der Waals surface area (Å²) in [6.45, 7) is 2.00. The first-order chi connectivity index (χ1) is 9.70. The topological polar surface area (TPSA) is 83.8 Å². The minimum Gasteiger partial charge on any atom is -0.347 e. The summed E-state index contributed by atoms with van der Waals surface area (Å²) in [6.07, 6.45) is 4.47. The smallest absolute Gasteiger partial charge is 0.222 e. The molecule has 2 atom stereocenters. The van der Waals surface area contributed by atoms with E-state index in [9.17, 15) is 4.79 Å². The van der Waals surface area contributed by atoms with Crippen LogP contribution in [0.3, 0.4) is 0 Å². The Balaban J connectivity index is 1.92. The Bertz CT molecular complexity index is 524. The molecule has 2 rings (SSSR count). The van der Waals surface area contributed by atoms with Crippen LogP contribution in [0.1, 0.15) is 43.2 Å². The van der Waals surface area contributed by atoms with Gasteiger partial charge in [-0.3, -0.25) is 4.79 Å². The number of carbonyl (C=O) groups excluding carboxylic acids is 1. The molecule has 4 N–H and O–H groups in total. The van der Waals surface area contributed by atoms with Gasteiger partial charge in [0, 0.05) is 24.9 Å². The number of carbonyl (C=O) groups is 1. The van der Waals surface area contributed by atoms with Crippen LogP contribution in [0.15, 0.2) is 42.7 Å². The van der Waals surface area contributed by atoms with Crippen LogP contribution in [0.4, 0.5) is 0 Å². The molecule has 106 valence electrons. The number of nitrogens with zero attached hydrogens (tertiary/aromatic N) is 1. The Hall–Kier alpha value is -2.14. The maximum atomic E-state index is 12.1. The molecule has 0 fully saturated rings. The second kappa shape index (κ2) is 6.86. The van der Waals surface area contributed by atoms with E-state index in [2.05, 4.69) is 15.3 Å². The molecule has 0 aliphatic rings. The van der Waals surface area contributed by atoms with Crippen LogP contribution in [0.5, 0.6) is 0 Å². The molecule has 0 saturated heterocycles. The normalized spacial score (nSPS) is 13.7. The standard InChI is InChI=1S/C15H20N4O/c1-2-13(15-17-8-9-18-15)19-14(20)10-12(16)11-6-4-3-5-7-11/h3-9,12-13H,2,10,16H2,1H3,(H,17,18)(H,19,20). The second-order valence-corrected chi connectivity index (χ2v) is 4.72. The molecule has 20 heavy (non-hydrogen) atoms. The summed E-state index contributed by atoms with van der Waals surface area (Å²) in [5.74, 6) is 0.707. The van der Waals surface area contributed by atoms with Crippen molar-refractivity contribution in [3.63, 3.8) is 0 Å². The van der Waals surface area contributed by atoms with Crippen molar-refractivity contribution in [2.75, 3.05) is 0 Å². The Kier molecular flexibility index (Phi) is 4.90. The maximum Gasteiger partial charge on any atom is 0.222 e. The lowest BCUT2D eigenvalue weighted by molar-refractivity contribution is -0.122. The van der Waals surface area contributed by atoms with E-state index in [-0.39, 0.29) is 24.4 Å². The lowest BCUT2D eigenvalue weighted by Gasteiger charge is -2.17. The molecule has 0 aliphatic heterocycles. The van der Waals surface area contributed by atoms with Gasteiger partial charge in [0.1, 0.15) is 5.82 Å². The van der Waals surface area contributed by atoms with Gasteiger partial charge >= 0.3 is 0 Å². The third-order valence-electron chi connectivity index (χ3n) is 3.23. The number of hydrogen-bond acceptors (Lipinski definition) is 3. The first kappa shape index (κ1) is 14.3. The quantitative estimate of drug-likeness (QED) is 0.752.